The van der Waals surface area contributed by atoms with Gasteiger partial charge in [0, 0.05) is 50.8 Å². The largest absolute Gasteiger partial charge is 0.493 e. The molecule has 14 heteroatoms. The third-order valence-corrected chi connectivity index (χ3v) is 8.30. The third-order valence-electron chi connectivity index (χ3n) is 8.30. The second kappa shape index (κ2) is 18.5. The van der Waals surface area contributed by atoms with Crippen LogP contribution in [0, 0.1) is 12.3 Å². The molecule has 0 aliphatic carbocycles. The first kappa shape index (κ1) is 42.7. The van der Waals surface area contributed by atoms with Crippen LogP contribution in [0.25, 0.3) is 11.0 Å². The van der Waals surface area contributed by atoms with Crippen molar-refractivity contribution in [3.05, 3.63) is 82.7 Å². The molecular weight excluding hydrogens is 700 g/mol. The van der Waals surface area contributed by atoms with Crippen molar-refractivity contribution in [2.45, 2.75) is 59.5 Å². The van der Waals surface area contributed by atoms with Crippen LogP contribution < -0.4 is 25.4 Å². The highest BCUT2D eigenvalue weighted by molar-refractivity contribution is 6.20. The number of carbonyl (C=O) groups is 2. The predicted octanol–water partition coefficient (Wildman–Crippen LogP) is 6.92. The van der Waals surface area contributed by atoms with Crippen molar-refractivity contribution in [2.24, 2.45) is 5.41 Å². The molecule has 0 fully saturated rings. The zero-order valence-electron chi connectivity index (χ0n) is 27.8. The van der Waals surface area contributed by atoms with Gasteiger partial charge < -0.3 is 28.8 Å². The van der Waals surface area contributed by atoms with Crippen LogP contribution in [0.2, 0.25) is 0 Å². The molecule has 1 atom stereocenters. The Morgan fingerprint density at radius 2 is 1.65 bits per heavy atom. The summed E-state index contributed by atoms with van der Waals surface area (Å²) < 4.78 is 13.4. The number of amides is 2. The molecule has 0 spiro atoms. The molecule has 4 heterocycles. The van der Waals surface area contributed by atoms with Crippen LogP contribution in [0.15, 0.2) is 70.3 Å². The van der Waals surface area contributed by atoms with Gasteiger partial charge in [-0.3, -0.25) is 19.4 Å². The van der Waals surface area contributed by atoms with E-state index in [1.165, 1.54) is 0 Å². The van der Waals surface area contributed by atoms with Crippen LogP contribution in [-0.4, -0.2) is 48.1 Å². The van der Waals surface area contributed by atoms with Gasteiger partial charge in [0.15, 0.2) is 0 Å². The molecule has 0 bridgehead atoms. The van der Waals surface area contributed by atoms with Crippen LogP contribution in [0.1, 0.15) is 57.4 Å². The minimum absolute atomic E-state index is 0. The highest BCUT2D eigenvalue weighted by Gasteiger charge is 2.45. The molecule has 264 valence electrons. The minimum Gasteiger partial charge on any atom is -0.493 e. The number of nitrogens with one attached hydrogen (secondary N) is 1. The number of pyridine rings is 2. The van der Waals surface area contributed by atoms with Crippen molar-refractivity contribution in [3.63, 3.8) is 0 Å². The Labute approximate surface area is 306 Å². The molecule has 4 aromatic rings. The zero-order valence-corrected chi connectivity index (χ0v) is 31.0. The summed E-state index contributed by atoms with van der Waals surface area (Å²) in [6, 6.07) is 13.3. The number of rotatable bonds is 12. The van der Waals surface area contributed by atoms with E-state index in [1.54, 1.807) is 59.9 Å². The van der Waals surface area contributed by atoms with E-state index in [0.29, 0.717) is 47.8 Å². The first-order valence-electron chi connectivity index (χ1n) is 15.2. The summed E-state index contributed by atoms with van der Waals surface area (Å²) in [4.78, 5) is 46.5. The fraction of sp³-hybridized carbons (Fsp3) is 0.412. The number of aromatic nitrogens is 2. The lowest BCUT2D eigenvalue weighted by atomic mass is 9.90. The number of carbonyl (C=O) groups excluding carboxylic acids is 2. The summed E-state index contributed by atoms with van der Waals surface area (Å²) in [5.74, 6) is 0.923. The second-order valence-electron chi connectivity index (χ2n) is 11.8. The number of fused-ring (bicyclic) bond motifs is 2. The van der Waals surface area contributed by atoms with Crippen molar-refractivity contribution in [2.75, 3.05) is 36.5 Å². The number of hydrogen-bond donors (Lipinski definition) is 1. The maximum absolute atomic E-state index is 13.1. The third kappa shape index (κ3) is 9.03. The maximum Gasteiger partial charge on any atom is 0.261 e. The Hall–Kier alpha value is -3.28. The normalized spacial score (nSPS) is 14.1. The molecule has 1 N–H and O–H groups in total. The van der Waals surface area contributed by atoms with E-state index in [9.17, 15) is 14.4 Å². The molecule has 1 aliphatic rings. The van der Waals surface area contributed by atoms with Gasteiger partial charge in [-0.25, -0.2) is 0 Å². The van der Waals surface area contributed by atoms with Crippen molar-refractivity contribution < 1.29 is 18.7 Å². The molecule has 48 heavy (non-hydrogen) atoms. The van der Waals surface area contributed by atoms with Gasteiger partial charge in [-0.05, 0) is 95.5 Å². The van der Waals surface area contributed by atoms with Gasteiger partial charge in [-0.1, -0.05) is 0 Å². The van der Waals surface area contributed by atoms with Crippen molar-refractivity contribution >= 4 is 83.8 Å². The number of benzene rings is 1. The standard InChI is InChI=1S/C34H41N5O5.4ClH/c1-6-39-28-11-10-25(22-29(28)37(5)32(41)34(3,4)33(39)42)43-20-8-15-36-27(24-12-16-35-17-13-24)9-7-18-38-19-14-30-26(31(38)40)21-23(2)44-30;;;;/h10-14,16-17,19,21-22,27,36H,6-9,15,18,20H2,1-5H3;4*1H. The van der Waals surface area contributed by atoms with E-state index in [2.05, 4.69) is 10.3 Å². The van der Waals surface area contributed by atoms with Crippen LogP contribution in [0.5, 0.6) is 5.75 Å². The highest BCUT2D eigenvalue weighted by atomic mass is 35.5. The number of aryl methyl sites for hydroxylation is 2. The van der Waals surface area contributed by atoms with Crippen molar-refractivity contribution in [1.82, 2.24) is 14.9 Å². The zero-order chi connectivity index (χ0) is 31.4. The van der Waals surface area contributed by atoms with Gasteiger partial charge in [0.25, 0.3) is 5.56 Å². The van der Waals surface area contributed by atoms with Crippen molar-refractivity contribution in [1.29, 1.82) is 0 Å². The molecular formula is C34H45Cl4N5O5. The Morgan fingerprint density at radius 1 is 0.938 bits per heavy atom. The van der Waals surface area contributed by atoms with E-state index in [0.717, 1.165) is 37.1 Å². The molecule has 0 radical (unpaired) electrons. The minimum atomic E-state index is -1.15. The molecule has 3 aromatic heterocycles. The maximum atomic E-state index is 13.1. The van der Waals surface area contributed by atoms with Crippen LogP contribution >= 0.6 is 49.6 Å². The van der Waals surface area contributed by atoms with Gasteiger partial charge >= 0.3 is 0 Å². The smallest absolute Gasteiger partial charge is 0.261 e. The second-order valence-corrected chi connectivity index (χ2v) is 11.8. The average molecular weight is 746 g/mol. The summed E-state index contributed by atoms with van der Waals surface area (Å²) in [6.07, 6.45) is 7.80. The number of anilines is 2. The number of ether oxygens (including phenoxy) is 1. The van der Waals surface area contributed by atoms with E-state index in [4.69, 9.17) is 9.15 Å². The fourth-order valence-electron chi connectivity index (χ4n) is 5.84. The lowest BCUT2D eigenvalue weighted by molar-refractivity contribution is -0.137. The molecule has 1 aromatic carbocycles. The predicted molar refractivity (Wildman–Crippen MR) is 200 cm³/mol. The lowest BCUT2D eigenvalue weighted by Gasteiger charge is -2.27. The number of furan rings is 1. The van der Waals surface area contributed by atoms with Gasteiger partial charge in [-0.15, -0.1) is 49.6 Å². The van der Waals surface area contributed by atoms with Crippen molar-refractivity contribution in [3.8, 4) is 5.75 Å². The summed E-state index contributed by atoms with van der Waals surface area (Å²) in [5.41, 5.74) is 1.95. The van der Waals surface area contributed by atoms with Gasteiger partial charge in [0.1, 0.15) is 22.5 Å². The monoisotopic (exact) mass is 743 g/mol. The fourth-order valence-corrected chi connectivity index (χ4v) is 5.84. The molecule has 5 rings (SSSR count). The lowest BCUT2D eigenvalue weighted by Crippen LogP contribution is -2.47. The summed E-state index contributed by atoms with van der Waals surface area (Å²) in [5, 5.41) is 4.26. The Bertz CT molecular complexity index is 1710. The topological polar surface area (TPSA) is 110 Å². The number of halogens is 4. The molecule has 2 amide bonds. The Kier molecular flexibility index (Phi) is 16.4. The van der Waals surface area contributed by atoms with Gasteiger partial charge in [-0.2, -0.15) is 0 Å². The Balaban J connectivity index is 0.00000288. The SMILES string of the molecule is CCN1C(=O)C(C)(C)C(=O)N(C)c2cc(OCCCNC(CCCn3ccc4oc(C)cc4c3=O)c3ccncc3)ccc21.Cl.Cl.Cl.Cl. The average Bonchev–Trinajstić information content (AvgIpc) is 3.40. The number of nitrogens with zero attached hydrogens (tertiary/aromatic N) is 4. The molecule has 1 aliphatic heterocycles. The summed E-state index contributed by atoms with van der Waals surface area (Å²) in [7, 11) is 1.70. The van der Waals surface area contributed by atoms with Crippen LogP contribution in [0.3, 0.4) is 0 Å². The quantitative estimate of drug-likeness (QED) is 0.124. The van der Waals surface area contributed by atoms with Gasteiger partial charge in [0.05, 0.1) is 23.4 Å². The molecule has 1 unspecified atom stereocenters. The van der Waals surface area contributed by atoms with E-state index in [1.807, 2.05) is 50.2 Å². The highest BCUT2D eigenvalue weighted by Crippen LogP contribution is 2.40. The van der Waals surface area contributed by atoms with Crippen LogP contribution in [-0.2, 0) is 16.1 Å². The summed E-state index contributed by atoms with van der Waals surface area (Å²) >= 11 is 0. The molecule has 10 nitrogen and oxygen atoms in total. The van der Waals surface area contributed by atoms with Gasteiger partial charge in [0.2, 0.25) is 11.8 Å². The molecule has 0 saturated carbocycles. The number of hydrogen-bond acceptors (Lipinski definition) is 7. The Morgan fingerprint density at radius 3 is 2.33 bits per heavy atom. The van der Waals surface area contributed by atoms with E-state index in [-0.39, 0.29) is 73.0 Å². The van der Waals surface area contributed by atoms with Crippen LogP contribution in [0.4, 0.5) is 11.4 Å². The first-order chi connectivity index (χ1) is 21.1. The van der Waals surface area contributed by atoms with E-state index < -0.39 is 5.41 Å². The molecule has 0 saturated heterocycles. The van der Waals surface area contributed by atoms with E-state index >= 15 is 0 Å². The first-order valence-corrected chi connectivity index (χ1v) is 15.2. The summed E-state index contributed by atoms with van der Waals surface area (Å²) in [6.45, 7) is 9.38.